The summed E-state index contributed by atoms with van der Waals surface area (Å²) in [6.45, 7) is 4.38. The number of hydrogen-bond acceptors (Lipinski definition) is 0. The Morgan fingerprint density at radius 1 is 0.933 bits per heavy atom. The van der Waals surface area contributed by atoms with Gasteiger partial charge in [0.2, 0.25) is 0 Å². The molecule has 0 nitrogen and oxygen atoms in total. The van der Waals surface area contributed by atoms with Crippen LogP contribution in [0.2, 0.25) is 0 Å². The topological polar surface area (TPSA) is 0 Å². The van der Waals surface area contributed by atoms with Crippen molar-refractivity contribution in [3.05, 3.63) is 53.0 Å². The Morgan fingerprint density at radius 2 is 1.33 bits per heavy atom. The zero-order valence-corrected chi connectivity index (χ0v) is 12.5. The van der Waals surface area contributed by atoms with Crippen molar-refractivity contribution in [2.24, 2.45) is 0 Å². The van der Waals surface area contributed by atoms with Crippen molar-refractivity contribution in [3.63, 3.8) is 0 Å². The average Bonchev–Trinajstić information content (AvgIpc) is 2.65. The van der Waals surface area contributed by atoms with Crippen LogP contribution in [0.15, 0.2) is 46.6 Å². The van der Waals surface area contributed by atoms with Crippen molar-refractivity contribution in [2.75, 3.05) is 0 Å². The minimum Gasteiger partial charge on any atom is -0.163 e. The van der Waals surface area contributed by atoms with Crippen LogP contribution in [-0.4, -0.2) is 0 Å². The normalized spacial score (nSPS) is 18.0. The summed E-state index contributed by atoms with van der Waals surface area (Å²) in [5.41, 5.74) is 5.82. The van der Waals surface area contributed by atoms with Crippen molar-refractivity contribution in [3.8, 4) is 0 Å². The van der Waals surface area contributed by atoms with Gasteiger partial charge in [0.05, 0.1) is 0 Å². The molecule has 0 spiro atoms. The Hall–Kier alpha value is 0.0243. The molecule has 0 radical (unpaired) electrons. The largest absolute Gasteiger partial charge is 0.163 e. The van der Waals surface area contributed by atoms with E-state index in [2.05, 4.69) is 44.6 Å². The number of hydrogen-bond donors (Lipinski definition) is 0. The minimum atomic E-state index is 0. The molecule has 0 aliphatic heterocycles. The summed E-state index contributed by atoms with van der Waals surface area (Å²) in [6.07, 6.45) is 13.5. The molecule has 0 saturated carbocycles. The van der Waals surface area contributed by atoms with Crippen LogP contribution >= 0.6 is 17.0 Å². The van der Waals surface area contributed by atoms with Gasteiger partial charge in [-0.15, -0.1) is 51.4 Å². The molecule has 0 saturated heterocycles. The molecule has 0 N–H and O–H groups in total. The molecule has 0 amide bonds. The molecule has 2 aliphatic carbocycles. The quantitative estimate of drug-likeness (QED) is 0.526. The number of rotatable bonds is 2. The zero-order valence-electron chi connectivity index (χ0n) is 9.21. The number of allylic oxidation sites excluding steroid dienone is 8. The first kappa shape index (κ1) is 15.0. The Labute approximate surface area is 118 Å². The van der Waals surface area contributed by atoms with Crippen LogP contribution in [0.5, 0.6) is 0 Å². The molecule has 15 heavy (non-hydrogen) atoms. The van der Waals surface area contributed by atoms with Crippen LogP contribution in [0, 0.1) is 6.42 Å². The Kier molecular flexibility index (Phi) is 6.58. The predicted octanol–water partition coefficient (Wildman–Crippen LogP) is 4.32. The van der Waals surface area contributed by atoms with Crippen molar-refractivity contribution >= 4 is 17.0 Å². The van der Waals surface area contributed by atoms with E-state index in [1.54, 1.807) is 0 Å². The van der Waals surface area contributed by atoms with Gasteiger partial charge < -0.3 is 0 Å². The van der Waals surface area contributed by atoms with Crippen LogP contribution in [0.3, 0.4) is 0 Å². The molecule has 0 bridgehead atoms. The molecule has 2 rings (SSSR count). The van der Waals surface area contributed by atoms with E-state index in [4.69, 9.17) is 0 Å². The first-order valence-electron chi connectivity index (χ1n) is 4.84. The molecule has 0 fully saturated rings. The van der Waals surface area contributed by atoms with Crippen LogP contribution in [-0.2, 0) is 21.7 Å². The maximum Gasteiger partial charge on any atom is 0 e. The summed E-state index contributed by atoms with van der Waals surface area (Å²) in [4.78, 5) is 0. The van der Waals surface area contributed by atoms with Crippen molar-refractivity contribution in [1.29, 1.82) is 0 Å². The maximum atomic E-state index is 2.35. The molecular weight excluding hydrogens is 284 g/mol. The second-order valence-corrected chi connectivity index (χ2v) is 3.77. The summed E-state index contributed by atoms with van der Waals surface area (Å²) >= 11 is 0. The van der Waals surface area contributed by atoms with Gasteiger partial charge in [-0.2, -0.15) is 6.42 Å². The second kappa shape index (κ2) is 6.57. The molecule has 0 unspecified atom stereocenters. The molecule has 0 atom stereocenters. The van der Waals surface area contributed by atoms with Gasteiger partial charge in [0.25, 0.3) is 0 Å². The molecule has 2 aliphatic rings. The molecule has 2 heteroatoms. The monoisotopic (exact) mass is 299 g/mol. The summed E-state index contributed by atoms with van der Waals surface area (Å²) in [6, 6.07) is 0. The van der Waals surface area contributed by atoms with Gasteiger partial charge in [-0.05, 0) is 12.8 Å². The molecular formula is C13H16BrTi-. The van der Waals surface area contributed by atoms with Crippen molar-refractivity contribution < 1.29 is 21.7 Å². The third kappa shape index (κ3) is 3.51. The van der Waals surface area contributed by atoms with E-state index in [9.17, 15) is 0 Å². The number of halogens is 1. The van der Waals surface area contributed by atoms with Gasteiger partial charge in [0.15, 0.2) is 0 Å². The fourth-order valence-corrected chi connectivity index (χ4v) is 1.82. The Bertz CT molecular complexity index is 312. The average molecular weight is 300 g/mol. The van der Waals surface area contributed by atoms with E-state index in [-0.39, 0.29) is 38.7 Å². The summed E-state index contributed by atoms with van der Waals surface area (Å²) in [5.74, 6) is 0. The molecule has 0 heterocycles. The first-order valence-corrected chi connectivity index (χ1v) is 4.84. The van der Waals surface area contributed by atoms with Gasteiger partial charge >= 0.3 is 0 Å². The SMILES string of the molecule is Br.CC1=C([CH-]C2=C(C)C=CC2)CC=C1.[Ti]. The van der Waals surface area contributed by atoms with Crippen molar-refractivity contribution in [1.82, 2.24) is 0 Å². The van der Waals surface area contributed by atoms with Gasteiger partial charge in [0.1, 0.15) is 0 Å². The predicted molar refractivity (Wildman–Crippen MR) is 67.5 cm³/mol. The van der Waals surface area contributed by atoms with E-state index in [1.165, 1.54) is 22.3 Å². The van der Waals surface area contributed by atoms with Crippen LogP contribution in [0.1, 0.15) is 26.7 Å². The maximum absolute atomic E-state index is 2.35. The molecule has 80 valence electrons. The Morgan fingerprint density at radius 3 is 1.60 bits per heavy atom. The van der Waals surface area contributed by atoms with Gasteiger partial charge in [-0.1, -0.05) is 26.0 Å². The van der Waals surface area contributed by atoms with Gasteiger partial charge in [-0.25, -0.2) is 0 Å². The second-order valence-electron chi connectivity index (χ2n) is 3.77. The fraction of sp³-hybridized carbons (Fsp3) is 0.308. The summed E-state index contributed by atoms with van der Waals surface area (Å²) in [5, 5.41) is 0. The third-order valence-corrected chi connectivity index (χ3v) is 2.77. The molecule has 0 aromatic carbocycles. The van der Waals surface area contributed by atoms with Crippen LogP contribution in [0.4, 0.5) is 0 Å². The molecule has 0 aromatic heterocycles. The van der Waals surface area contributed by atoms with E-state index in [1.807, 2.05) is 0 Å². The first-order chi connectivity index (χ1) is 6.27. The van der Waals surface area contributed by atoms with Crippen LogP contribution < -0.4 is 0 Å². The van der Waals surface area contributed by atoms with E-state index in [0.29, 0.717) is 0 Å². The summed E-state index contributed by atoms with van der Waals surface area (Å²) in [7, 11) is 0. The van der Waals surface area contributed by atoms with Crippen molar-refractivity contribution in [2.45, 2.75) is 26.7 Å². The minimum absolute atomic E-state index is 0. The van der Waals surface area contributed by atoms with E-state index < -0.39 is 0 Å². The zero-order chi connectivity index (χ0) is 9.26. The van der Waals surface area contributed by atoms with E-state index >= 15 is 0 Å². The molecule has 0 aromatic rings. The van der Waals surface area contributed by atoms with Gasteiger partial charge in [-0.3, -0.25) is 0 Å². The van der Waals surface area contributed by atoms with Crippen LogP contribution in [0.25, 0.3) is 0 Å². The standard InChI is InChI=1S/C13H15.BrH.Ti/c1-10-5-3-7-12(10)9-13-8-4-6-11(13)2;;/h3-6,9H,7-8H2,1-2H3;1H;/q-1;;. The smallest absolute Gasteiger partial charge is 0 e. The van der Waals surface area contributed by atoms with E-state index in [0.717, 1.165) is 12.8 Å². The third-order valence-electron chi connectivity index (χ3n) is 2.77. The summed E-state index contributed by atoms with van der Waals surface area (Å²) < 4.78 is 0. The Balaban J connectivity index is 0.000000980. The van der Waals surface area contributed by atoms with Gasteiger partial charge in [0, 0.05) is 21.7 Å². The fourth-order valence-electron chi connectivity index (χ4n) is 1.82.